The molecule has 0 aliphatic carbocycles. The van der Waals surface area contributed by atoms with Gasteiger partial charge in [0, 0.05) is 29.2 Å². The molecule has 1 aliphatic rings. The first-order chi connectivity index (χ1) is 8.81. The minimum absolute atomic E-state index is 0.290. The second kappa shape index (κ2) is 7.02. The molecule has 0 bridgehead atoms. The predicted molar refractivity (Wildman–Crippen MR) is 74.1 cm³/mol. The summed E-state index contributed by atoms with van der Waals surface area (Å²) in [6.07, 6.45) is 1.07. The van der Waals surface area contributed by atoms with Crippen LogP contribution in [0.15, 0.2) is 35.2 Å². The summed E-state index contributed by atoms with van der Waals surface area (Å²) in [5.74, 6) is 1.17. The lowest BCUT2D eigenvalue weighted by molar-refractivity contribution is 0.179. The van der Waals surface area contributed by atoms with Gasteiger partial charge in [0.2, 0.25) is 0 Å². The Morgan fingerprint density at radius 2 is 2.22 bits per heavy atom. The van der Waals surface area contributed by atoms with Crippen LogP contribution in [0.2, 0.25) is 0 Å². The fourth-order valence-corrected chi connectivity index (χ4v) is 3.69. The lowest BCUT2D eigenvalue weighted by Crippen LogP contribution is -2.40. The molecule has 2 rings (SSSR count). The van der Waals surface area contributed by atoms with Crippen LogP contribution >= 0.6 is 0 Å². The molecule has 0 saturated carbocycles. The van der Waals surface area contributed by atoms with Crippen molar-refractivity contribution in [2.75, 3.05) is 25.5 Å². The maximum absolute atomic E-state index is 12.3. The highest BCUT2D eigenvalue weighted by Gasteiger charge is 2.26. The summed E-state index contributed by atoms with van der Waals surface area (Å²) in [5.41, 5.74) is 0. The van der Waals surface area contributed by atoms with E-state index in [1.54, 1.807) is 0 Å². The molecular formula is C14H21NO2S. The molecule has 18 heavy (non-hydrogen) atoms. The summed E-state index contributed by atoms with van der Waals surface area (Å²) < 4.78 is 17.7. The summed E-state index contributed by atoms with van der Waals surface area (Å²) >= 11 is 0. The highest BCUT2D eigenvalue weighted by molar-refractivity contribution is 7.85. The third-order valence-electron chi connectivity index (χ3n) is 3.34. The van der Waals surface area contributed by atoms with Crippen molar-refractivity contribution in [1.29, 1.82) is 0 Å². The van der Waals surface area contributed by atoms with Crippen LogP contribution in [-0.2, 0) is 15.5 Å². The van der Waals surface area contributed by atoms with Crippen molar-refractivity contribution in [3.8, 4) is 0 Å². The first-order valence-corrected chi connectivity index (χ1v) is 7.87. The number of benzene rings is 1. The van der Waals surface area contributed by atoms with Crippen LogP contribution < -0.4 is 5.32 Å². The molecule has 3 unspecified atom stereocenters. The van der Waals surface area contributed by atoms with Crippen molar-refractivity contribution in [2.45, 2.75) is 24.3 Å². The van der Waals surface area contributed by atoms with Gasteiger partial charge in [-0.15, -0.1) is 0 Å². The van der Waals surface area contributed by atoms with Crippen molar-refractivity contribution in [2.24, 2.45) is 5.92 Å². The number of hydrogen-bond donors (Lipinski definition) is 1. The van der Waals surface area contributed by atoms with Crippen molar-refractivity contribution in [3.05, 3.63) is 30.3 Å². The molecule has 0 radical (unpaired) electrons. The Bertz CT molecular complexity index is 377. The number of ether oxygens (including phenoxy) is 1. The molecule has 100 valence electrons. The number of hydrogen-bond acceptors (Lipinski definition) is 3. The molecular weight excluding hydrogens is 246 g/mol. The molecule has 1 aliphatic heterocycles. The van der Waals surface area contributed by atoms with Crippen LogP contribution in [0.5, 0.6) is 0 Å². The molecule has 0 aromatic heterocycles. The smallest absolute Gasteiger partial charge is 0.0545 e. The van der Waals surface area contributed by atoms with Crippen LogP contribution in [0.25, 0.3) is 0 Å². The minimum atomic E-state index is -0.929. The molecule has 1 aromatic carbocycles. The monoisotopic (exact) mass is 267 g/mol. The number of nitrogens with one attached hydrogen (secondary N) is 1. The highest BCUT2D eigenvalue weighted by Crippen LogP contribution is 2.19. The third kappa shape index (κ3) is 3.64. The fourth-order valence-electron chi connectivity index (χ4n) is 2.33. The Hall–Kier alpha value is -0.710. The molecule has 3 nitrogen and oxygen atoms in total. The first kappa shape index (κ1) is 13.7. The van der Waals surface area contributed by atoms with E-state index in [1.165, 1.54) is 0 Å². The lowest BCUT2D eigenvalue weighted by Gasteiger charge is -2.22. The number of rotatable bonds is 6. The van der Waals surface area contributed by atoms with E-state index in [-0.39, 0.29) is 0 Å². The van der Waals surface area contributed by atoms with Gasteiger partial charge in [0.15, 0.2) is 0 Å². The Morgan fingerprint density at radius 3 is 2.83 bits per heavy atom. The van der Waals surface area contributed by atoms with Crippen LogP contribution in [0.3, 0.4) is 0 Å². The zero-order chi connectivity index (χ0) is 12.8. The maximum atomic E-state index is 12.3. The summed E-state index contributed by atoms with van der Waals surface area (Å²) in [6, 6.07) is 9.99. The zero-order valence-corrected chi connectivity index (χ0v) is 11.6. The van der Waals surface area contributed by atoms with Crippen molar-refractivity contribution >= 4 is 10.8 Å². The van der Waals surface area contributed by atoms with Gasteiger partial charge in [0.25, 0.3) is 0 Å². The predicted octanol–water partition coefficient (Wildman–Crippen LogP) is 1.81. The van der Waals surface area contributed by atoms with E-state index in [4.69, 9.17) is 4.74 Å². The molecule has 1 saturated heterocycles. The Kier molecular flexibility index (Phi) is 5.35. The average molecular weight is 267 g/mol. The molecule has 1 aromatic rings. The van der Waals surface area contributed by atoms with Gasteiger partial charge in [-0.05, 0) is 25.1 Å². The molecule has 0 spiro atoms. The molecule has 1 fully saturated rings. The summed E-state index contributed by atoms with van der Waals surface area (Å²) in [4.78, 5) is 0.916. The van der Waals surface area contributed by atoms with Gasteiger partial charge < -0.3 is 10.1 Å². The second-order valence-corrected chi connectivity index (χ2v) is 6.11. The van der Waals surface area contributed by atoms with Gasteiger partial charge in [0.05, 0.1) is 17.4 Å². The summed E-state index contributed by atoms with van der Waals surface area (Å²) in [6.45, 7) is 4.63. The van der Waals surface area contributed by atoms with E-state index in [0.29, 0.717) is 17.7 Å². The normalized spacial score (nSPS) is 22.8. The van der Waals surface area contributed by atoms with Gasteiger partial charge in [-0.2, -0.15) is 0 Å². The Balaban J connectivity index is 1.97. The zero-order valence-electron chi connectivity index (χ0n) is 10.8. The quantitative estimate of drug-likeness (QED) is 0.854. The van der Waals surface area contributed by atoms with E-state index in [0.717, 1.165) is 31.1 Å². The standard InChI is InChI=1S/C14H21NO2S/c1-2-15-14(12-8-9-17-10-12)11-18(16)13-6-4-3-5-7-13/h3-7,12,14-15H,2,8-11H2,1H3. The van der Waals surface area contributed by atoms with Crippen molar-refractivity contribution in [3.63, 3.8) is 0 Å². The summed E-state index contributed by atoms with van der Waals surface area (Å²) in [5, 5.41) is 3.45. The van der Waals surface area contributed by atoms with Crippen LogP contribution in [0.4, 0.5) is 0 Å². The van der Waals surface area contributed by atoms with E-state index < -0.39 is 10.8 Å². The lowest BCUT2D eigenvalue weighted by atomic mass is 10.0. The summed E-state index contributed by atoms with van der Waals surface area (Å²) in [7, 11) is -0.929. The van der Waals surface area contributed by atoms with Crippen LogP contribution in [0, 0.1) is 5.92 Å². The van der Waals surface area contributed by atoms with Gasteiger partial charge in [0.1, 0.15) is 0 Å². The Labute approximate surface area is 111 Å². The molecule has 0 amide bonds. The topological polar surface area (TPSA) is 38.3 Å². The SMILES string of the molecule is CCNC(CS(=O)c1ccccc1)C1CCOC1. The van der Waals surface area contributed by atoms with Gasteiger partial charge in [-0.25, -0.2) is 0 Å². The highest BCUT2D eigenvalue weighted by atomic mass is 32.2. The molecule has 4 heteroatoms. The van der Waals surface area contributed by atoms with Gasteiger partial charge in [-0.1, -0.05) is 25.1 Å². The first-order valence-electron chi connectivity index (χ1n) is 6.55. The molecule has 3 atom stereocenters. The minimum Gasteiger partial charge on any atom is -0.381 e. The van der Waals surface area contributed by atoms with Gasteiger partial charge >= 0.3 is 0 Å². The average Bonchev–Trinajstić information content (AvgIpc) is 2.93. The molecule has 1 N–H and O–H groups in total. The van der Waals surface area contributed by atoms with E-state index in [2.05, 4.69) is 12.2 Å². The maximum Gasteiger partial charge on any atom is 0.0545 e. The van der Waals surface area contributed by atoms with Crippen molar-refractivity contribution < 1.29 is 8.95 Å². The third-order valence-corrected chi connectivity index (χ3v) is 4.80. The van der Waals surface area contributed by atoms with E-state index in [1.807, 2.05) is 30.3 Å². The van der Waals surface area contributed by atoms with Crippen LogP contribution in [0.1, 0.15) is 13.3 Å². The van der Waals surface area contributed by atoms with Gasteiger partial charge in [-0.3, -0.25) is 4.21 Å². The van der Waals surface area contributed by atoms with E-state index in [9.17, 15) is 4.21 Å². The fraction of sp³-hybridized carbons (Fsp3) is 0.571. The molecule has 1 heterocycles. The van der Waals surface area contributed by atoms with E-state index >= 15 is 0 Å². The van der Waals surface area contributed by atoms with Crippen LogP contribution in [-0.4, -0.2) is 35.8 Å². The Morgan fingerprint density at radius 1 is 1.44 bits per heavy atom. The van der Waals surface area contributed by atoms with Crippen molar-refractivity contribution in [1.82, 2.24) is 5.32 Å². The largest absolute Gasteiger partial charge is 0.381 e. The second-order valence-electron chi connectivity index (χ2n) is 4.61.